The highest BCUT2D eigenvalue weighted by Crippen LogP contribution is 2.22. The Hall–Kier alpha value is -2.98. The van der Waals surface area contributed by atoms with Gasteiger partial charge < -0.3 is 14.0 Å². The molecule has 0 N–H and O–H groups in total. The first kappa shape index (κ1) is 20.3. The Kier molecular flexibility index (Phi) is 6.55. The molecule has 4 nitrogen and oxygen atoms in total. The van der Waals surface area contributed by atoms with E-state index in [0.717, 1.165) is 58.3 Å². The Balaban J connectivity index is 1.37. The number of hydrogen-bond donors (Lipinski definition) is 0. The standard InChI is InChI=1S/C25H25ClN2O2/c1-19-17-21(13-14-22(19)26)29-16-8-7-15-28-24-12-6-5-11-23(24)27-25(28)18-30-20-9-3-2-4-10-20/h2-6,9-14,17H,7-8,15-16,18H2,1H3. The number of fused-ring (bicyclic) bond motifs is 1. The third-order valence-corrected chi connectivity index (χ3v) is 5.44. The molecule has 3 aromatic carbocycles. The first-order valence-electron chi connectivity index (χ1n) is 10.2. The molecule has 0 saturated carbocycles. The van der Waals surface area contributed by atoms with Crippen molar-refractivity contribution in [3.63, 3.8) is 0 Å². The largest absolute Gasteiger partial charge is 0.494 e. The minimum atomic E-state index is 0.444. The molecule has 0 aliphatic heterocycles. The maximum atomic E-state index is 6.07. The Bertz CT molecular complexity index is 1110. The Morgan fingerprint density at radius 2 is 1.67 bits per heavy atom. The number of aromatic nitrogens is 2. The number of ether oxygens (including phenoxy) is 2. The minimum Gasteiger partial charge on any atom is -0.494 e. The van der Waals surface area contributed by atoms with Gasteiger partial charge in [0.15, 0.2) is 0 Å². The van der Waals surface area contributed by atoms with Crippen molar-refractivity contribution in [1.82, 2.24) is 9.55 Å². The van der Waals surface area contributed by atoms with Crippen molar-refractivity contribution in [3.05, 3.63) is 89.2 Å². The maximum absolute atomic E-state index is 6.07. The van der Waals surface area contributed by atoms with Gasteiger partial charge in [-0.2, -0.15) is 0 Å². The summed E-state index contributed by atoms with van der Waals surface area (Å²) in [7, 11) is 0. The van der Waals surface area contributed by atoms with E-state index in [-0.39, 0.29) is 0 Å². The fraction of sp³-hybridized carbons (Fsp3) is 0.240. The zero-order valence-electron chi connectivity index (χ0n) is 17.1. The maximum Gasteiger partial charge on any atom is 0.147 e. The van der Waals surface area contributed by atoms with Crippen LogP contribution in [-0.4, -0.2) is 16.2 Å². The quantitative estimate of drug-likeness (QED) is 0.292. The number of para-hydroxylation sites is 3. The van der Waals surface area contributed by atoms with Gasteiger partial charge in [0.2, 0.25) is 0 Å². The molecular weight excluding hydrogens is 396 g/mol. The van der Waals surface area contributed by atoms with Crippen LogP contribution in [0, 0.1) is 6.92 Å². The highest BCUT2D eigenvalue weighted by atomic mass is 35.5. The normalized spacial score (nSPS) is 11.0. The summed E-state index contributed by atoms with van der Waals surface area (Å²) in [6.07, 6.45) is 1.94. The molecule has 1 heterocycles. The van der Waals surface area contributed by atoms with Crippen molar-refractivity contribution in [3.8, 4) is 11.5 Å². The second-order valence-electron chi connectivity index (χ2n) is 7.24. The summed E-state index contributed by atoms with van der Waals surface area (Å²) in [6, 6.07) is 23.8. The molecule has 4 aromatic rings. The number of nitrogens with zero attached hydrogens (tertiary/aromatic N) is 2. The molecule has 0 bridgehead atoms. The van der Waals surface area contributed by atoms with E-state index in [1.165, 1.54) is 0 Å². The van der Waals surface area contributed by atoms with Gasteiger partial charge in [-0.3, -0.25) is 0 Å². The molecule has 154 valence electrons. The van der Waals surface area contributed by atoms with Crippen LogP contribution in [0.25, 0.3) is 11.0 Å². The Morgan fingerprint density at radius 1 is 0.867 bits per heavy atom. The van der Waals surface area contributed by atoms with E-state index in [4.69, 9.17) is 26.1 Å². The molecular formula is C25H25ClN2O2. The Morgan fingerprint density at radius 3 is 2.50 bits per heavy atom. The molecule has 30 heavy (non-hydrogen) atoms. The van der Waals surface area contributed by atoms with Gasteiger partial charge in [-0.25, -0.2) is 4.98 Å². The molecule has 0 atom stereocenters. The lowest BCUT2D eigenvalue weighted by Crippen LogP contribution is -2.08. The summed E-state index contributed by atoms with van der Waals surface area (Å²) in [5.41, 5.74) is 3.16. The van der Waals surface area contributed by atoms with E-state index in [2.05, 4.69) is 10.6 Å². The average molecular weight is 421 g/mol. The highest BCUT2D eigenvalue weighted by molar-refractivity contribution is 6.31. The molecule has 0 radical (unpaired) electrons. The molecule has 5 heteroatoms. The summed E-state index contributed by atoms with van der Waals surface area (Å²) < 4.78 is 14.1. The topological polar surface area (TPSA) is 36.3 Å². The average Bonchev–Trinajstić information content (AvgIpc) is 3.13. The number of halogens is 1. The van der Waals surface area contributed by atoms with E-state index in [9.17, 15) is 0 Å². The Labute approximate surface area is 182 Å². The molecule has 0 aliphatic rings. The number of unbranched alkanes of at least 4 members (excludes halogenated alkanes) is 1. The van der Waals surface area contributed by atoms with Gasteiger partial charge in [0.1, 0.15) is 23.9 Å². The molecule has 0 unspecified atom stereocenters. The first-order chi connectivity index (χ1) is 14.7. The van der Waals surface area contributed by atoms with Crippen LogP contribution in [0.5, 0.6) is 11.5 Å². The second-order valence-corrected chi connectivity index (χ2v) is 7.64. The second kappa shape index (κ2) is 9.68. The molecule has 1 aromatic heterocycles. The lowest BCUT2D eigenvalue weighted by atomic mass is 10.2. The molecule has 0 aliphatic carbocycles. The van der Waals surface area contributed by atoms with Gasteiger partial charge in [0.05, 0.1) is 17.6 Å². The van der Waals surface area contributed by atoms with Crippen molar-refractivity contribution in [1.29, 1.82) is 0 Å². The van der Waals surface area contributed by atoms with Gasteiger partial charge >= 0.3 is 0 Å². The van der Waals surface area contributed by atoms with Crippen molar-refractivity contribution >= 4 is 22.6 Å². The molecule has 0 fully saturated rings. The van der Waals surface area contributed by atoms with Gasteiger partial charge in [0, 0.05) is 11.6 Å². The highest BCUT2D eigenvalue weighted by Gasteiger charge is 2.11. The number of benzene rings is 3. The van der Waals surface area contributed by atoms with Crippen molar-refractivity contribution < 1.29 is 9.47 Å². The fourth-order valence-corrected chi connectivity index (χ4v) is 3.54. The number of hydrogen-bond acceptors (Lipinski definition) is 3. The van der Waals surface area contributed by atoms with Gasteiger partial charge in [-0.05, 0) is 67.8 Å². The van der Waals surface area contributed by atoms with Gasteiger partial charge in [-0.1, -0.05) is 41.9 Å². The van der Waals surface area contributed by atoms with E-state index in [0.29, 0.717) is 13.2 Å². The fourth-order valence-electron chi connectivity index (χ4n) is 3.42. The van der Waals surface area contributed by atoms with Crippen LogP contribution in [0.15, 0.2) is 72.8 Å². The molecule has 0 saturated heterocycles. The SMILES string of the molecule is Cc1cc(OCCCCn2c(COc3ccccc3)nc3ccccc32)ccc1Cl. The summed E-state index contributed by atoms with van der Waals surface area (Å²) >= 11 is 6.07. The van der Waals surface area contributed by atoms with Crippen molar-refractivity contribution in [2.45, 2.75) is 32.9 Å². The van der Waals surface area contributed by atoms with Crippen LogP contribution in [0.4, 0.5) is 0 Å². The van der Waals surface area contributed by atoms with Crippen LogP contribution < -0.4 is 9.47 Å². The van der Waals surface area contributed by atoms with Gasteiger partial charge in [-0.15, -0.1) is 0 Å². The monoisotopic (exact) mass is 420 g/mol. The number of rotatable bonds is 9. The number of aryl methyl sites for hydroxylation is 2. The smallest absolute Gasteiger partial charge is 0.147 e. The first-order valence-corrected chi connectivity index (χ1v) is 10.6. The van der Waals surface area contributed by atoms with E-state index < -0.39 is 0 Å². The predicted octanol–water partition coefficient (Wildman–Crippen LogP) is 6.44. The van der Waals surface area contributed by atoms with Crippen LogP contribution >= 0.6 is 11.6 Å². The van der Waals surface area contributed by atoms with Crippen LogP contribution in [0.2, 0.25) is 5.02 Å². The van der Waals surface area contributed by atoms with E-state index in [1.54, 1.807) is 0 Å². The van der Waals surface area contributed by atoms with Crippen LogP contribution in [-0.2, 0) is 13.2 Å². The minimum absolute atomic E-state index is 0.444. The molecule has 4 rings (SSSR count). The van der Waals surface area contributed by atoms with E-state index in [1.807, 2.05) is 73.7 Å². The zero-order chi connectivity index (χ0) is 20.8. The van der Waals surface area contributed by atoms with Crippen LogP contribution in [0.1, 0.15) is 24.2 Å². The summed E-state index contributed by atoms with van der Waals surface area (Å²) in [4.78, 5) is 4.79. The molecule has 0 spiro atoms. The lowest BCUT2D eigenvalue weighted by Gasteiger charge is -2.11. The third-order valence-electron chi connectivity index (χ3n) is 5.02. The number of imidazole rings is 1. The third kappa shape index (κ3) is 4.95. The lowest BCUT2D eigenvalue weighted by molar-refractivity contribution is 0.285. The summed E-state index contributed by atoms with van der Waals surface area (Å²) in [5, 5.41) is 0.764. The zero-order valence-corrected chi connectivity index (χ0v) is 17.8. The summed E-state index contributed by atoms with van der Waals surface area (Å²) in [5.74, 6) is 2.65. The van der Waals surface area contributed by atoms with Crippen LogP contribution in [0.3, 0.4) is 0 Å². The van der Waals surface area contributed by atoms with Crippen molar-refractivity contribution in [2.75, 3.05) is 6.61 Å². The predicted molar refractivity (Wildman–Crippen MR) is 121 cm³/mol. The molecule has 0 amide bonds. The van der Waals surface area contributed by atoms with Crippen molar-refractivity contribution in [2.24, 2.45) is 0 Å². The van der Waals surface area contributed by atoms with Gasteiger partial charge in [0.25, 0.3) is 0 Å². The van der Waals surface area contributed by atoms with E-state index >= 15 is 0 Å². The summed E-state index contributed by atoms with van der Waals surface area (Å²) in [6.45, 7) is 3.97.